The Morgan fingerprint density at radius 1 is 0.236 bits per heavy atom. The molecule has 4 heteroatoms. The molecule has 0 aliphatic heterocycles. The molecule has 1 N–H and O–H groups in total. The molecular weight excluding hydrogens is 1400 g/mol. The number of hydrogen-bond donors (Lipinski definition) is 1. The molecular formula is C106H73BBrO2. The molecule has 0 spiro atoms. The lowest BCUT2D eigenvalue weighted by Gasteiger charge is -2.24. The monoisotopic (exact) mass is 1470 g/mol. The van der Waals surface area contributed by atoms with Crippen molar-refractivity contribution in [2.24, 2.45) is 0 Å². The second kappa shape index (κ2) is 26.6. The van der Waals surface area contributed by atoms with Gasteiger partial charge in [-0.2, -0.15) is 0 Å². The van der Waals surface area contributed by atoms with Crippen molar-refractivity contribution in [3.63, 3.8) is 0 Å². The fourth-order valence-corrected chi connectivity index (χ4v) is 19.5. The molecule has 519 valence electrons. The average Bonchev–Trinajstić information content (AvgIpc) is 1.58. The quantitative estimate of drug-likeness (QED) is 0.0979. The summed E-state index contributed by atoms with van der Waals surface area (Å²) in [6.07, 6.45) is 0. The molecule has 0 atom stereocenters. The van der Waals surface area contributed by atoms with Gasteiger partial charge >= 0.3 is 7.69 Å². The summed E-state index contributed by atoms with van der Waals surface area (Å²) < 4.78 is 6.26. The SMILES string of the molecule is CC1(C)c2ccc(-c3ccc(-c4c5ccccc5c(-c5cccc6ccccc56)c5ccccc45)cc3)cc2-c2c1c1ccccc1c1ccccc21.CC1(C)c2ccc(Br)cc2-c2c1c1ccccc1c1ccccc21.O[B]Oc1ccc(-c2c3ccccc3c(-c3cccc4ccccc34)c3ccccc23)cc1. The van der Waals surface area contributed by atoms with Gasteiger partial charge < -0.3 is 9.68 Å². The van der Waals surface area contributed by atoms with Crippen molar-refractivity contribution in [1.82, 2.24) is 0 Å². The van der Waals surface area contributed by atoms with E-state index in [1.807, 2.05) is 24.3 Å². The fourth-order valence-electron chi connectivity index (χ4n) is 19.1. The van der Waals surface area contributed by atoms with E-state index in [1.165, 1.54) is 202 Å². The molecule has 110 heavy (non-hydrogen) atoms. The smallest absolute Gasteiger partial charge is 0.537 e. The number of rotatable bonds is 7. The maximum Gasteiger partial charge on any atom is 0.569 e. The Bertz CT molecular complexity index is 7050. The third kappa shape index (κ3) is 10.6. The normalized spacial score (nSPS) is 13.0. The number of halogens is 1. The van der Waals surface area contributed by atoms with Crippen LogP contribution in [0.25, 0.3) is 186 Å². The van der Waals surface area contributed by atoms with E-state index in [0.717, 1.165) is 10.0 Å². The molecule has 22 rings (SSSR count). The summed E-state index contributed by atoms with van der Waals surface area (Å²) >= 11 is 3.67. The molecule has 0 unspecified atom stereocenters. The Morgan fingerprint density at radius 2 is 0.518 bits per heavy atom. The van der Waals surface area contributed by atoms with E-state index in [4.69, 9.17) is 9.68 Å². The number of benzene rings is 20. The molecule has 0 saturated carbocycles. The third-order valence-corrected chi connectivity index (χ3v) is 24.3. The fraction of sp³-hybridized carbons (Fsp3) is 0.0566. The van der Waals surface area contributed by atoms with Gasteiger partial charge in [0.1, 0.15) is 5.75 Å². The first-order valence-corrected chi connectivity index (χ1v) is 38.8. The maximum absolute atomic E-state index is 8.96. The Kier molecular flexibility index (Phi) is 16.1. The van der Waals surface area contributed by atoms with E-state index in [9.17, 15) is 0 Å². The van der Waals surface area contributed by atoms with Crippen LogP contribution in [0.2, 0.25) is 0 Å². The summed E-state index contributed by atoms with van der Waals surface area (Å²) in [6, 6.07) is 132. The topological polar surface area (TPSA) is 29.5 Å². The van der Waals surface area contributed by atoms with E-state index >= 15 is 0 Å². The summed E-state index contributed by atoms with van der Waals surface area (Å²) in [5.74, 6) is 0.599. The molecule has 2 nitrogen and oxygen atoms in total. The standard InChI is InChI=1S/C53H36.C30H20BO2.C23H17Br/c1-53(2)48-31-30-36(32-47(48)51-41-19-7-5-17-38(41)39-18-6-12-24-46(39)52(51)53)33-26-28-35(29-27-33)49-42-20-8-10-22-44(42)50(45-23-11-9-21-43(45)49)40-25-13-15-34-14-3-4-16-37(34)40;32-31-33-22-18-16-21(17-19-22)29-25-11-3-5-13-27(25)30(28-14-6-4-12-26(28)29)24-15-7-9-20-8-1-2-10-23(20)24;1-23(2)20-12-11-14(24)13-19(20)21-17-9-5-3-7-15(17)16-8-4-6-10-18(16)22(21)23/h3-32H,1-2H3;1-19,32H;3-13H,1-2H3. The Labute approximate surface area is 649 Å². The largest absolute Gasteiger partial charge is 0.569 e. The van der Waals surface area contributed by atoms with Crippen molar-refractivity contribution >= 4 is 131 Å². The van der Waals surface area contributed by atoms with Gasteiger partial charge in [0.05, 0.1) is 0 Å². The van der Waals surface area contributed by atoms with Crippen LogP contribution in [0.5, 0.6) is 5.75 Å². The average molecular weight is 1470 g/mol. The van der Waals surface area contributed by atoms with Gasteiger partial charge in [0.25, 0.3) is 0 Å². The van der Waals surface area contributed by atoms with E-state index in [0.29, 0.717) is 13.4 Å². The molecule has 1 radical (unpaired) electrons. The van der Waals surface area contributed by atoms with Gasteiger partial charge in [-0.25, -0.2) is 0 Å². The van der Waals surface area contributed by atoms with Crippen molar-refractivity contribution in [2.45, 2.75) is 38.5 Å². The van der Waals surface area contributed by atoms with Gasteiger partial charge in [0, 0.05) is 15.3 Å². The molecule has 20 aromatic carbocycles. The zero-order chi connectivity index (χ0) is 73.9. The highest BCUT2D eigenvalue weighted by Gasteiger charge is 2.40. The minimum atomic E-state index is -0.100. The zero-order valence-electron chi connectivity index (χ0n) is 61.5. The van der Waals surface area contributed by atoms with Gasteiger partial charge in [-0.15, -0.1) is 0 Å². The van der Waals surface area contributed by atoms with E-state index in [1.54, 1.807) is 0 Å². The molecule has 0 aromatic heterocycles. The molecule has 2 aliphatic carbocycles. The van der Waals surface area contributed by atoms with Crippen molar-refractivity contribution in [3.05, 3.63) is 391 Å². The van der Waals surface area contributed by atoms with Crippen LogP contribution in [0.4, 0.5) is 0 Å². The maximum atomic E-state index is 8.96. The Hall–Kier alpha value is -12.7. The van der Waals surface area contributed by atoms with E-state index in [-0.39, 0.29) is 10.8 Å². The summed E-state index contributed by atoms with van der Waals surface area (Å²) in [4.78, 5) is 0. The minimum Gasteiger partial charge on any atom is -0.537 e. The lowest BCUT2D eigenvalue weighted by Crippen LogP contribution is -2.15. The summed E-state index contributed by atoms with van der Waals surface area (Å²) in [7, 11) is 0.707. The second-order valence-electron chi connectivity index (χ2n) is 30.4. The van der Waals surface area contributed by atoms with Crippen LogP contribution in [0, 0.1) is 0 Å². The second-order valence-corrected chi connectivity index (χ2v) is 31.4. The van der Waals surface area contributed by atoms with Gasteiger partial charge in [-0.05, 0) is 238 Å². The molecule has 0 bridgehead atoms. The summed E-state index contributed by atoms with van der Waals surface area (Å²) in [5.41, 5.74) is 23.5. The van der Waals surface area contributed by atoms with Crippen LogP contribution in [-0.4, -0.2) is 12.7 Å². The van der Waals surface area contributed by atoms with E-state index < -0.39 is 0 Å². The molecule has 0 fully saturated rings. The number of hydrogen-bond acceptors (Lipinski definition) is 2. The van der Waals surface area contributed by atoms with Crippen LogP contribution >= 0.6 is 15.9 Å². The first-order chi connectivity index (χ1) is 54.0. The van der Waals surface area contributed by atoms with Crippen LogP contribution < -0.4 is 4.65 Å². The van der Waals surface area contributed by atoms with Crippen molar-refractivity contribution in [3.8, 4) is 83.6 Å². The first kappa shape index (κ1) is 66.7. The minimum absolute atomic E-state index is 0.00893. The molecule has 0 saturated heterocycles. The zero-order valence-corrected chi connectivity index (χ0v) is 63.0. The predicted octanol–water partition coefficient (Wildman–Crippen LogP) is 29.2. The van der Waals surface area contributed by atoms with Gasteiger partial charge in [0.2, 0.25) is 0 Å². The Morgan fingerprint density at radius 3 is 0.909 bits per heavy atom. The van der Waals surface area contributed by atoms with Gasteiger partial charge in [-0.1, -0.05) is 377 Å². The first-order valence-electron chi connectivity index (χ1n) is 38.0. The Balaban J connectivity index is 0.000000118. The number of fused-ring (bicyclic) bond motifs is 22. The van der Waals surface area contributed by atoms with Crippen LogP contribution in [0.3, 0.4) is 0 Å². The van der Waals surface area contributed by atoms with Gasteiger partial charge in [0.15, 0.2) is 0 Å². The van der Waals surface area contributed by atoms with Crippen molar-refractivity contribution in [1.29, 1.82) is 0 Å². The van der Waals surface area contributed by atoms with E-state index in [2.05, 4.69) is 383 Å². The van der Waals surface area contributed by atoms with Crippen LogP contribution in [0.1, 0.15) is 49.9 Å². The molecule has 2 aliphatic rings. The molecule has 20 aromatic rings. The highest BCUT2D eigenvalue weighted by Crippen LogP contribution is 2.58. The third-order valence-electron chi connectivity index (χ3n) is 23.8. The predicted molar refractivity (Wildman–Crippen MR) is 473 cm³/mol. The lowest BCUT2D eigenvalue weighted by atomic mass is 9.79. The van der Waals surface area contributed by atoms with Crippen LogP contribution in [-0.2, 0) is 10.8 Å². The van der Waals surface area contributed by atoms with Crippen molar-refractivity contribution in [2.75, 3.05) is 0 Å². The lowest BCUT2D eigenvalue weighted by molar-refractivity contribution is 0.454. The summed E-state index contributed by atoms with van der Waals surface area (Å²) in [6.45, 7) is 9.50. The van der Waals surface area contributed by atoms with Crippen LogP contribution in [0.15, 0.2) is 368 Å². The van der Waals surface area contributed by atoms with Crippen molar-refractivity contribution < 1.29 is 9.68 Å². The molecule has 0 amide bonds. The summed E-state index contributed by atoms with van der Waals surface area (Å²) in [5, 5.41) is 34.8. The highest BCUT2D eigenvalue weighted by atomic mass is 79.9. The highest BCUT2D eigenvalue weighted by molar-refractivity contribution is 9.10. The van der Waals surface area contributed by atoms with Gasteiger partial charge in [-0.3, -0.25) is 0 Å². The molecule has 0 heterocycles.